The lowest BCUT2D eigenvalue weighted by atomic mass is 10.0. The van der Waals surface area contributed by atoms with Gasteiger partial charge >= 0.3 is 0 Å². The van der Waals surface area contributed by atoms with E-state index < -0.39 is 17.5 Å². The van der Waals surface area contributed by atoms with Gasteiger partial charge in [-0.2, -0.15) is 5.10 Å². The smallest absolute Gasteiger partial charge is 0.272 e. The fourth-order valence-corrected chi connectivity index (χ4v) is 4.45. The third kappa shape index (κ3) is 4.47. The largest absolute Gasteiger partial charge is 0.335 e. The molecule has 4 aromatic rings. The summed E-state index contributed by atoms with van der Waals surface area (Å²) < 4.78 is 29.2. The van der Waals surface area contributed by atoms with Gasteiger partial charge in [-0.15, -0.1) is 0 Å². The third-order valence-corrected chi connectivity index (χ3v) is 6.34. The molecule has 0 aliphatic carbocycles. The van der Waals surface area contributed by atoms with Crippen LogP contribution < -0.4 is 5.56 Å². The molecule has 0 saturated carbocycles. The quantitative estimate of drug-likeness (QED) is 0.477. The number of H-pyrrole nitrogens is 1. The zero-order valence-corrected chi connectivity index (χ0v) is 19.2. The number of halogens is 2. The number of benzene rings is 3. The van der Waals surface area contributed by atoms with E-state index in [-0.39, 0.29) is 49.6 Å². The topological polar surface area (TPSA) is 86.4 Å². The summed E-state index contributed by atoms with van der Waals surface area (Å²) in [7, 11) is 0. The minimum absolute atomic E-state index is 0.0914. The standard InChI is InChI=1S/C27H22F2N4O3/c28-22-15-17(16-23-19-8-4-5-9-20(19)25(34)31-30-23)14-21(24(22)29)27(36)33-12-10-32(11-13-33)26(35)18-6-2-1-3-7-18/h1-9,14-15H,10-13,16H2,(H,31,34). The van der Waals surface area contributed by atoms with E-state index in [2.05, 4.69) is 10.2 Å². The van der Waals surface area contributed by atoms with Crippen molar-refractivity contribution in [1.29, 1.82) is 0 Å². The summed E-state index contributed by atoms with van der Waals surface area (Å²) in [5, 5.41) is 7.53. The van der Waals surface area contributed by atoms with Gasteiger partial charge in [0.25, 0.3) is 17.4 Å². The number of hydrogen-bond donors (Lipinski definition) is 1. The molecule has 0 unspecified atom stereocenters. The summed E-state index contributed by atoms with van der Waals surface area (Å²) in [6.07, 6.45) is 0.0914. The Morgan fingerprint density at radius 3 is 2.14 bits per heavy atom. The second kappa shape index (κ2) is 9.69. The Morgan fingerprint density at radius 1 is 0.833 bits per heavy atom. The van der Waals surface area contributed by atoms with Crippen molar-refractivity contribution < 1.29 is 18.4 Å². The molecule has 0 atom stereocenters. The summed E-state index contributed by atoms with van der Waals surface area (Å²) >= 11 is 0. The minimum atomic E-state index is -1.22. The molecule has 36 heavy (non-hydrogen) atoms. The Hall–Kier alpha value is -4.40. The molecule has 1 fully saturated rings. The number of aromatic nitrogens is 2. The molecule has 1 N–H and O–H groups in total. The second-order valence-electron chi connectivity index (χ2n) is 8.61. The van der Waals surface area contributed by atoms with Crippen LogP contribution in [0.15, 0.2) is 71.5 Å². The molecule has 3 aromatic carbocycles. The van der Waals surface area contributed by atoms with E-state index >= 15 is 0 Å². The number of amides is 2. The van der Waals surface area contributed by atoms with Crippen molar-refractivity contribution in [3.8, 4) is 0 Å². The highest BCUT2D eigenvalue weighted by Crippen LogP contribution is 2.22. The molecule has 1 aliphatic rings. The van der Waals surface area contributed by atoms with Gasteiger partial charge in [0.1, 0.15) is 0 Å². The fraction of sp³-hybridized carbons (Fsp3) is 0.185. The summed E-state index contributed by atoms with van der Waals surface area (Å²) in [4.78, 5) is 40.9. The van der Waals surface area contributed by atoms with Crippen LogP contribution in [0, 0.1) is 11.6 Å². The summed E-state index contributed by atoms with van der Waals surface area (Å²) in [6.45, 7) is 0.983. The van der Waals surface area contributed by atoms with Gasteiger partial charge in [-0.1, -0.05) is 36.4 Å². The highest BCUT2D eigenvalue weighted by atomic mass is 19.2. The van der Waals surface area contributed by atoms with E-state index in [4.69, 9.17) is 0 Å². The van der Waals surface area contributed by atoms with Gasteiger partial charge in [0.2, 0.25) is 0 Å². The summed E-state index contributed by atoms with van der Waals surface area (Å²) in [5.74, 6) is -3.13. The molecule has 0 radical (unpaired) electrons. The van der Waals surface area contributed by atoms with Gasteiger partial charge in [0.15, 0.2) is 11.6 Å². The van der Waals surface area contributed by atoms with Gasteiger partial charge in [-0.3, -0.25) is 14.4 Å². The zero-order chi connectivity index (χ0) is 25.2. The number of aromatic amines is 1. The highest BCUT2D eigenvalue weighted by molar-refractivity contribution is 5.96. The first-order valence-electron chi connectivity index (χ1n) is 11.5. The molecule has 7 nitrogen and oxygen atoms in total. The van der Waals surface area contributed by atoms with Crippen molar-refractivity contribution in [2.24, 2.45) is 0 Å². The first kappa shape index (κ1) is 23.3. The number of carbonyl (C=O) groups is 2. The van der Waals surface area contributed by atoms with E-state index in [1.165, 1.54) is 11.0 Å². The van der Waals surface area contributed by atoms with Gasteiger partial charge in [0.05, 0.1) is 16.6 Å². The SMILES string of the molecule is O=C(c1ccccc1)N1CCN(C(=O)c2cc(Cc3n[nH]c(=O)c4ccccc34)cc(F)c2F)CC1. The van der Waals surface area contributed by atoms with Crippen LogP contribution in [0.4, 0.5) is 8.78 Å². The van der Waals surface area contributed by atoms with Crippen LogP contribution >= 0.6 is 0 Å². The lowest BCUT2D eigenvalue weighted by molar-refractivity contribution is 0.0532. The predicted molar refractivity (Wildman–Crippen MR) is 130 cm³/mol. The number of carbonyl (C=O) groups excluding carboxylic acids is 2. The number of nitrogens with one attached hydrogen (secondary N) is 1. The van der Waals surface area contributed by atoms with Gasteiger partial charge < -0.3 is 9.80 Å². The lowest BCUT2D eigenvalue weighted by Gasteiger charge is -2.35. The van der Waals surface area contributed by atoms with Crippen molar-refractivity contribution >= 4 is 22.6 Å². The molecule has 2 heterocycles. The van der Waals surface area contributed by atoms with Gasteiger partial charge in [-0.05, 0) is 35.9 Å². The highest BCUT2D eigenvalue weighted by Gasteiger charge is 2.28. The lowest BCUT2D eigenvalue weighted by Crippen LogP contribution is -2.50. The molecule has 1 saturated heterocycles. The van der Waals surface area contributed by atoms with E-state index in [0.717, 1.165) is 6.07 Å². The summed E-state index contributed by atoms with van der Waals surface area (Å²) in [6, 6.07) is 18.1. The molecule has 2 amide bonds. The first-order chi connectivity index (χ1) is 17.4. The van der Waals surface area contributed by atoms with Crippen molar-refractivity contribution in [3.63, 3.8) is 0 Å². The Morgan fingerprint density at radius 2 is 1.44 bits per heavy atom. The Labute approximate surface area is 205 Å². The maximum atomic E-state index is 14.7. The normalized spacial score (nSPS) is 13.7. The van der Waals surface area contributed by atoms with E-state index in [9.17, 15) is 23.2 Å². The molecule has 0 spiro atoms. The van der Waals surface area contributed by atoms with Crippen molar-refractivity contribution in [2.45, 2.75) is 6.42 Å². The van der Waals surface area contributed by atoms with Crippen molar-refractivity contribution in [2.75, 3.05) is 26.2 Å². The van der Waals surface area contributed by atoms with E-state index in [0.29, 0.717) is 27.6 Å². The minimum Gasteiger partial charge on any atom is -0.335 e. The third-order valence-electron chi connectivity index (χ3n) is 6.34. The van der Waals surface area contributed by atoms with E-state index in [1.54, 1.807) is 53.4 Å². The second-order valence-corrected chi connectivity index (χ2v) is 8.61. The van der Waals surface area contributed by atoms with E-state index in [1.807, 2.05) is 6.07 Å². The number of hydrogen-bond acceptors (Lipinski definition) is 4. The molecule has 5 rings (SSSR count). The number of fused-ring (bicyclic) bond motifs is 1. The maximum Gasteiger partial charge on any atom is 0.272 e. The molecular weight excluding hydrogens is 466 g/mol. The molecule has 182 valence electrons. The number of nitrogens with zero attached hydrogens (tertiary/aromatic N) is 3. The van der Waals surface area contributed by atoms with Crippen LogP contribution in [0.3, 0.4) is 0 Å². The zero-order valence-electron chi connectivity index (χ0n) is 19.2. The summed E-state index contributed by atoms with van der Waals surface area (Å²) in [5.41, 5.74) is 0.658. The maximum absolute atomic E-state index is 14.7. The number of rotatable bonds is 4. The average Bonchev–Trinajstić information content (AvgIpc) is 2.92. The monoisotopic (exact) mass is 488 g/mol. The molecule has 9 heteroatoms. The predicted octanol–water partition coefficient (Wildman–Crippen LogP) is 3.39. The Bertz CT molecular complexity index is 1510. The molecular formula is C27H22F2N4O3. The van der Waals surface area contributed by atoms with Crippen LogP contribution in [0.25, 0.3) is 10.8 Å². The van der Waals surface area contributed by atoms with Gasteiger partial charge in [-0.25, -0.2) is 13.9 Å². The Balaban J connectivity index is 1.35. The van der Waals surface area contributed by atoms with Crippen LogP contribution in [-0.4, -0.2) is 58.0 Å². The average molecular weight is 488 g/mol. The molecule has 0 bridgehead atoms. The Kier molecular flexibility index (Phi) is 6.28. The van der Waals surface area contributed by atoms with Crippen LogP contribution in [-0.2, 0) is 6.42 Å². The van der Waals surface area contributed by atoms with Crippen LogP contribution in [0.5, 0.6) is 0 Å². The molecule has 1 aliphatic heterocycles. The fourth-order valence-electron chi connectivity index (χ4n) is 4.45. The first-order valence-corrected chi connectivity index (χ1v) is 11.5. The van der Waals surface area contributed by atoms with Gasteiger partial charge in [0, 0.05) is 43.5 Å². The van der Waals surface area contributed by atoms with Crippen molar-refractivity contribution in [3.05, 3.63) is 111 Å². The molecule has 1 aromatic heterocycles. The van der Waals surface area contributed by atoms with Crippen LogP contribution in [0.2, 0.25) is 0 Å². The van der Waals surface area contributed by atoms with Crippen molar-refractivity contribution in [1.82, 2.24) is 20.0 Å². The van der Waals surface area contributed by atoms with Crippen LogP contribution in [0.1, 0.15) is 32.0 Å². The number of piperazine rings is 1.